The number of hydrogen-bond donors (Lipinski definition) is 2. The molecule has 0 unspecified atom stereocenters. The van der Waals surface area contributed by atoms with Crippen LogP contribution in [-0.2, 0) is 29.0 Å². The second-order valence-corrected chi connectivity index (χ2v) is 5.53. The van der Waals surface area contributed by atoms with Crippen molar-refractivity contribution < 1.29 is 14.0 Å². The molecule has 2 amide bonds. The first kappa shape index (κ1) is 17.7. The fraction of sp³-hybridized carbons (Fsp3) is 0.263. The van der Waals surface area contributed by atoms with Crippen LogP contribution in [0.5, 0.6) is 0 Å². The standard InChI is InChI=1S/C19H21FN2O2/c1-2-14-6-8-15(9-7-14)12-21-19(24)13-22-18(23)11-16-4-3-5-17(20)10-16/h3-10H,2,11-13H2,1H3,(H,21,24)(H,22,23). The molecule has 5 heteroatoms. The highest BCUT2D eigenvalue weighted by atomic mass is 19.1. The van der Waals surface area contributed by atoms with Crippen molar-refractivity contribution in [1.29, 1.82) is 0 Å². The van der Waals surface area contributed by atoms with Crippen molar-refractivity contribution in [1.82, 2.24) is 10.6 Å². The predicted molar refractivity (Wildman–Crippen MR) is 90.8 cm³/mol. The van der Waals surface area contributed by atoms with Gasteiger partial charge in [-0.1, -0.05) is 43.3 Å². The van der Waals surface area contributed by atoms with Crippen molar-refractivity contribution in [2.75, 3.05) is 6.54 Å². The van der Waals surface area contributed by atoms with Gasteiger partial charge in [0.1, 0.15) is 5.82 Å². The Hall–Kier alpha value is -2.69. The highest BCUT2D eigenvalue weighted by Gasteiger charge is 2.07. The molecule has 126 valence electrons. The number of carbonyl (C=O) groups excluding carboxylic acids is 2. The zero-order valence-electron chi connectivity index (χ0n) is 13.6. The molecule has 0 atom stereocenters. The summed E-state index contributed by atoms with van der Waals surface area (Å²) >= 11 is 0. The molecule has 2 N–H and O–H groups in total. The lowest BCUT2D eigenvalue weighted by Gasteiger charge is -2.08. The number of halogens is 1. The molecule has 0 bridgehead atoms. The molecule has 0 aliphatic heterocycles. The third-order valence-electron chi connectivity index (χ3n) is 3.62. The lowest BCUT2D eigenvalue weighted by atomic mass is 10.1. The topological polar surface area (TPSA) is 58.2 Å². The first-order valence-electron chi connectivity index (χ1n) is 7.92. The van der Waals surface area contributed by atoms with Gasteiger partial charge in [-0.05, 0) is 35.2 Å². The van der Waals surface area contributed by atoms with E-state index in [1.165, 1.54) is 17.7 Å². The van der Waals surface area contributed by atoms with E-state index in [0.29, 0.717) is 12.1 Å². The van der Waals surface area contributed by atoms with Crippen molar-refractivity contribution in [2.45, 2.75) is 26.3 Å². The molecule has 0 aliphatic rings. The third kappa shape index (κ3) is 5.83. The Morgan fingerprint density at radius 3 is 2.29 bits per heavy atom. The summed E-state index contributed by atoms with van der Waals surface area (Å²) in [7, 11) is 0. The van der Waals surface area contributed by atoms with Crippen molar-refractivity contribution >= 4 is 11.8 Å². The number of hydrogen-bond acceptors (Lipinski definition) is 2. The van der Waals surface area contributed by atoms with Crippen LogP contribution in [0.15, 0.2) is 48.5 Å². The Morgan fingerprint density at radius 1 is 0.917 bits per heavy atom. The van der Waals surface area contributed by atoms with E-state index >= 15 is 0 Å². The summed E-state index contributed by atoms with van der Waals surface area (Å²) in [6.45, 7) is 2.41. The van der Waals surface area contributed by atoms with Gasteiger partial charge in [0.05, 0.1) is 13.0 Å². The quantitative estimate of drug-likeness (QED) is 0.820. The monoisotopic (exact) mass is 328 g/mol. The van der Waals surface area contributed by atoms with E-state index in [2.05, 4.69) is 17.6 Å². The lowest BCUT2D eigenvalue weighted by Crippen LogP contribution is -2.37. The average Bonchev–Trinajstić information content (AvgIpc) is 2.58. The summed E-state index contributed by atoms with van der Waals surface area (Å²) in [6.07, 6.45) is 1.02. The molecule has 2 aromatic carbocycles. The van der Waals surface area contributed by atoms with Gasteiger partial charge in [-0.2, -0.15) is 0 Å². The number of aryl methyl sites for hydroxylation is 1. The van der Waals surface area contributed by atoms with E-state index < -0.39 is 0 Å². The lowest BCUT2D eigenvalue weighted by molar-refractivity contribution is -0.125. The molecule has 0 fully saturated rings. The maximum Gasteiger partial charge on any atom is 0.239 e. The minimum absolute atomic E-state index is 0.0452. The second-order valence-electron chi connectivity index (χ2n) is 5.53. The number of amides is 2. The fourth-order valence-corrected chi connectivity index (χ4v) is 2.23. The fourth-order valence-electron chi connectivity index (χ4n) is 2.23. The Balaban J connectivity index is 1.71. The van der Waals surface area contributed by atoms with Crippen LogP contribution < -0.4 is 10.6 Å². The first-order chi connectivity index (χ1) is 11.6. The molecule has 0 saturated heterocycles. The smallest absolute Gasteiger partial charge is 0.239 e. The van der Waals surface area contributed by atoms with Gasteiger partial charge in [-0.15, -0.1) is 0 Å². The normalized spacial score (nSPS) is 10.2. The zero-order valence-corrected chi connectivity index (χ0v) is 13.6. The largest absolute Gasteiger partial charge is 0.350 e. The highest BCUT2D eigenvalue weighted by Crippen LogP contribution is 2.05. The predicted octanol–water partition coefficient (Wildman–Crippen LogP) is 2.36. The van der Waals surface area contributed by atoms with Gasteiger partial charge in [-0.3, -0.25) is 9.59 Å². The molecular weight excluding hydrogens is 307 g/mol. The third-order valence-corrected chi connectivity index (χ3v) is 3.62. The number of nitrogens with one attached hydrogen (secondary N) is 2. The molecule has 2 rings (SSSR count). The van der Waals surface area contributed by atoms with Gasteiger partial charge in [0.2, 0.25) is 11.8 Å². The van der Waals surface area contributed by atoms with Crippen molar-refractivity contribution in [3.8, 4) is 0 Å². The van der Waals surface area contributed by atoms with Crippen LogP contribution >= 0.6 is 0 Å². The summed E-state index contributed by atoms with van der Waals surface area (Å²) < 4.78 is 13.0. The Kier molecular flexibility index (Phi) is 6.49. The van der Waals surface area contributed by atoms with Crippen molar-refractivity contribution in [2.24, 2.45) is 0 Å². The van der Waals surface area contributed by atoms with E-state index in [-0.39, 0.29) is 30.6 Å². The summed E-state index contributed by atoms with van der Waals surface area (Å²) in [5, 5.41) is 5.28. The average molecular weight is 328 g/mol. The van der Waals surface area contributed by atoms with Crippen LogP contribution in [0.25, 0.3) is 0 Å². The van der Waals surface area contributed by atoms with Gasteiger partial charge in [0.15, 0.2) is 0 Å². The molecule has 4 nitrogen and oxygen atoms in total. The molecule has 0 radical (unpaired) electrons. The first-order valence-corrected chi connectivity index (χ1v) is 7.92. The van der Waals surface area contributed by atoms with E-state index in [1.54, 1.807) is 12.1 Å². The zero-order chi connectivity index (χ0) is 17.4. The molecule has 24 heavy (non-hydrogen) atoms. The molecule has 0 aromatic heterocycles. The van der Waals surface area contributed by atoms with Gasteiger partial charge in [0, 0.05) is 6.54 Å². The summed E-state index contributed by atoms with van der Waals surface area (Å²) in [5.41, 5.74) is 2.82. The van der Waals surface area contributed by atoms with Crippen molar-refractivity contribution in [3.63, 3.8) is 0 Å². The van der Waals surface area contributed by atoms with Crippen LogP contribution in [0.4, 0.5) is 4.39 Å². The molecule has 0 saturated carbocycles. The minimum atomic E-state index is -0.382. The highest BCUT2D eigenvalue weighted by molar-refractivity contribution is 5.85. The van der Waals surface area contributed by atoms with Crippen LogP contribution in [0.2, 0.25) is 0 Å². The Labute approximate surface area is 141 Å². The minimum Gasteiger partial charge on any atom is -0.350 e. The molecule has 2 aromatic rings. The van der Waals surface area contributed by atoms with Crippen molar-refractivity contribution in [3.05, 3.63) is 71.0 Å². The van der Waals surface area contributed by atoms with Gasteiger partial charge in [0.25, 0.3) is 0 Å². The van der Waals surface area contributed by atoms with Gasteiger partial charge < -0.3 is 10.6 Å². The van der Waals surface area contributed by atoms with Crippen LogP contribution in [0, 0.1) is 5.82 Å². The van der Waals surface area contributed by atoms with Crippen LogP contribution in [-0.4, -0.2) is 18.4 Å². The Bertz CT molecular complexity index is 699. The molecule has 0 aliphatic carbocycles. The number of benzene rings is 2. The number of carbonyl (C=O) groups is 2. The van der Waals surface area contributed by atoms with E-state index in [4.69, 9.17) is 0 Å². The van der Waals surface area contributed by atoms with E-state index in [1.807, 2.05) is 24.3 Å². The van der Waals surface area contributed by atoms with E-state index in [0.717, 1.165) is 12.0 Å². The van der Waals surface area contributed by atoms with Crippen LogP contribution in [0.3, 0.4) is 0 Å². The summed E-state index contributed by atoms with van der Waals surface area (Å²) in [6, 6.07) is 13.9. The SMILES string of the molecule is CCc1ccc(CNC(=O)CNC(=O)Cc2cccc(F)c2)cc1. The molecule has 0 spiro atoms. The van der Waals surface area contributed by atoms with Gasteiger partial charge >= 0.3 is 0 Å². The molecule has 0 heterocycles. The second kappa shape index (κ2) is 8.82. The molecular formula is C19H21FN2O2. The van der Waals surface area contributed by atoms with E-state index in [9.17, 15) is 14.0 Å². The maximum atomic E-state index is 13.0. The van der Waals surface area contributed by atoms with Gasteiger partial charge in [-0.25, -0.2) is 4.39 Å². The summed E-state index contributed by atoms with van der Waals surface area (Å²) in [4.78, 5) is 23.5. The maximum absolute atomic E-state index is 13.0. The van der Waals surface area contributed by atoms with Crippen LogP contribution in [0.1, 0.15) is 23.6 Å². The Morgan fingerprint density at radius 2 is 1.62 bits per heavy atom. The number of rotatable bonds is 7. The summed E-state index contributed by atoms with van der Waals surface area (Å²) in [5.74, 6) is -0.961.